The molecule has 17 rings (SSSR count). The van der Waals surface area contributed by atoms with Gasteiger partial charge in [-0.15, -0.1) is 0 Å². The predicted octanol–water partition coefficient (Wildman–Crippen LogP) is 12.2. The number of carbonyl (C=O) groups is 11. The Balaban J connectivity index is 0.000000137. The summed E-state index contributed by atoms with van der Waals surface area (Å²) in [6.07, 6.45) is 9.40. The van der Waals surface area contributed by atoms with E-state index in [0.29, 0.717) is 77.9 Å². The van der Waals surface area contributed by atoms with E-state index >= 15 is 0 Å². The van der Waals surface area contributed by atoms with Gasteiger partial charge in [-0.2, -0.15) is 0 Å². The number of amides is 9. The lowest BCUT2D eigenvalue weighted by Crippen LogP contribution is -2.39. The molecular formula is C96H80N9O21+. The van der Waals surface area contributed by atoms with Gasteiger partial charge in [-0.1, -0.05) is 24.3 Å². The number of fused-ring (bicyclic) bond motifs is 6. The van der Waals surface area contributed by atoms with Crippen LogP contribution in [0.1, 0.15) is 64.3 Å². The molecule has 126 heavy (non-hydrogen) atoms. The molecule has 0 unspecified atom stereocenters. The molecule has 0 bridgehead atoms. The van der Waals surface area contributed by atoms with E-state index in [4.69, 9.17) is 17.7 Å². The summed E-state index contributed by atoms with van der Waals surface area (Å²) in [6, 6.07) is 48.6. The van der Waals surface area contributed by atoms with Crippen LogP contribution in [0.3, 0.4) is 0 Å². The highest BCUT2D eigenvalue weighted by atomic mass is 16.4. The standard InChI is InChI=1S/C28H23N3O5.C24H22N2O4.C24H13NO7.C20H21N3O5/c1-29(2)16-5-9-20-23(14-16)36-24-15-17(30(3)4)6-10-21(24)27(20)19-8-7-18(13-22(19)28(34)35)31-25(32)11-12-26(31)33;1-4-25(5-2)18-10-11-19-15(3)23(24(29)30-20(19)14-18)16-6-8-17(9-7-16)26-21(27)12-13-22(26)28;26-13-2-5-16-19(10-13)32-20-11-14(27)3-6-17(20)23(16)15-4-1-12(9-18(15)24(30)31)25-21(28)7-8-22(25)29;1-3-22(4-2)14-6-5-13-11-15(20(27)28-16(13)12-14)19(26)21-9-10-23-17(24)7-8-18(23)25/h5-15H,1-4H3;6-14H,4-5H2,1-3H3;1-11,26H,(H,30,31);5-8,11-12H,3-4,9-10H2,1-2H3,(H,21,26)/p+1. The monoisotopic (exact) mass is 1690 g/mol. The average molecular weight is 1700 g/mol. The number of phenolic OH excluding ortho intramolecular Hbond substituents is 1. The summed E-state index contributed by atoms with van der Waals surface area (Å²) in [5, 5.41) is 36.2. The maximum atomic E-state index is 12.8. The third-order valence-electron chi connectivity index (χ3n) is 21.7. The summed E-state index contributed by atoms with van der Waals surface area (Å²) in [7, 11) is 7.74. The van der Waals surface area contributed by atoms with Crippen LogP contribution in [0.5, 0.6) is 5.75 Å². The highest BCUT2D eigenvalue weighted by Crippen LogP contribution is 2.46. The molecule has 4 N–H and O–H groups in total. The van der Waals surface area contributed by atoms with Crippen LogP contribution in [0.2, 0.25) is 0 Å². The normalized spacial score (nSPS) is 13.4. The zero-order chi connectivity index (χ0) is 90.0. The van der Waals surface area contributed by atoms with Crippen molar-refractivity contribution in [3.05, 3.63) is 283 Å². The van der Waals surface area contributed by atoms with E-state index in [2.05, 4.69) is 29.0 Å². The van der Waals surface area contributed by atoms with E-state index in [1.54, 1.807) is 60.7 Å². The van der Waals surface area contributed by atoms with E-state index in [1.807, 2.05) is 119 Å². The number of carbonyl (C=O) groups excluding carboxylic acids is 9. The van der Waals surface area contributed by atoms with Crippen LogP contribution in [0.4, 0.5) is 34.1 Å². The molecule has 634 valence electrons. The summed E-state index contributed by atoms with van der Waals surface area (Å²) >= 11 is 0. The number of anilines is 6. The number of carboxylic acids is 2. The van der Waals surface area contributed by atoms with Gasteiger partial charge in [0.25, 0.3) is 53.2 Å². The quantitative estimate of drug-likeness (QED) is 0.0253. The number of hydrogen-bond acceptors (Lipinski definition) is 22. The molecule has 0 fully saturated rings. The highest BCUT2D eigenvalue weighted by Gasteiger charge is 2.33. The number of nitrogens with one attached hydrogen (secondary N) is 1. The van der Waals surface area contributed by atoms with Crippen LogP contribution >= 0.6 is 0 Å². The fourth-order valence-corrected chi connectivity index (χ4v) is 15.3. The van der Waals surface area contributed by atoms with Crippen LogP contribution < -0.4 is 61.3 Å². The number of aryl methyl sites for hydroxylation is 1. The topological polar surface area (TPSA) is 390 Å². The Morgan fingerprint density at radius 3 is 1.35 bits per heavy atom. The van der Waals surface area contributed by atoms with Crippen LogP contribution in [0.25, 0.3) is 99.9 Å². The molecule has 0 atom stereocenters. The molecule has 30 nitrogen and oxygen atoms in total. The Morgan fingerprint density at radius 2 is 0.833 bits per heavy atom. The highest BCUT2D eigenvalue weighted by molar-refractivity contribution is 6.30. The molecule has 9 amide bonds. The molecule has 2 aromatic heterocycles. The van der Waals surface area contributed by atoms with Gasteiger partial charge in [0.1, 0.15) is 59.3 Å². The number of aromatic hydroxyl groups is 1. The minimum atomic E-state index is -1.27. The van der Waals surface area contributed by atoms with Gasteiger partial charge < -0.3 is 53.0 Å². The minimum absolute atomic E-state index is 0.0258. The molecule has 0 spiro atoms. The van der Waals surface area contributed by atoms with Gasteiger partial charge in [-0.25, -0.2) is 38.5 Å². The number of rotatable bonds is 19. The number of nitrogens with zero attached hydrogens (tertiary/aromatic N) is 8. The Labute approximate surface area is 716 Å². The minimum Gasteiger partial charge on any atom is -0.508 e. The van der Waals surface area contributed by atoms with E-state index in [9.17, 15) is 82.4 Å². The Morgan fingerprint density at radius 1 is 0.405 bits per heavy atom. The van der Waals surface area contributed by atoms with Gasteiger partial charge in [0, 0.05) is 199 Å². The Kier molecular flexibility index (Phi) is 24.3. The number of aromatic carboxylic acids is 2. The third-order valence-corrected chi connectivity index (χ3v) is 21.7. The molecular weight excluding hydrogens is 1620 g/mol. The van der Waals surface area contributed by atoms with Crippen molar-refractivity contribution in [2.75, 3.05) is 96.9 Å². The third kappa shape index (κ3) is 17.0. The largest absolute Gasteiger partial charge is 0.508 e. The number of hydrogen-bond donors (Lipinski definition) is 4. The van der Waals surface area contributed by atoms with Crippen molar-refractivity contribution in [3.8, 4) is 61.8 Å². The molecule has 6 aliphatic heterocycles. The molecule has 0 radical (unpaired) electrons. The van der Waals surface area contributed by atoms with Crippen molar-refractivity contribution < 1.29 is 85.7 Å². The van der Waals surface area contributed by atoms with Gasteiger partial charge in [0.15, 0.2) is 5.43 Å². The second-order valence-electron chi connectivity index (χ2n) is 29.6. The van der Waals surface area contributed by atoms with E-state index in [-0.39, 0.29) is 75.5 Å². The second kappa shape index (κ2) is 35.6. The van der Waals surface area contributed by atoms with E-state index < -0.39 is 64.5 Å². The van der Waals surface area contributed by atoms with E-state index in [0.717, 1.165) is 102 Å². The molecule has 30 heteroatoms. The van der Waals surface area contributed by atoms with Crippen molar-refractivity contribution in [3.63, 3.8) is 0 Å². The van der Waals surface area contributed by atoms with Crippen molar-refractivity contribution in [2.45, 2.75) is 34.6 Å². The van der Waals surface area contributed by atoms with Gasteiger partial charge in [-0.05, 0) is 166 Å². The molecule has 0 saturated heterocycles. The van der Waals surface area contributed by atoms with Crippen molar-refractivity contribution >= 4 is 143 Å². The van der Waals surface area contributed by atoms with Crippen molar-refractivity contribution in [1.29, 1.82) is 0 Å². The first-order valence-electron chi connectivity index (χ1n) is 39.8. The lowest BCUT2D eigenvalue weighted by Gasteiger charge is -2.21. The second-order valence-corrected chi connectivity index (χ2v) is 29.6. The summed E-state index contributed by atoms with van der Waals surface area (Å²) in [4.78, 5) is 179. The SMILES string of the molecule is CCN(CC)c1ccc2c(C)c(-c3ccc(N4C(=O)C=CC4=O)cc3)c(=O)oc2c1.CCN(CC)c1ccc2cc(C(=O)NCCN3C(=O)C=CC3=O)c(=O)oc2c1.CN(C)c1ccc2c(-c3ccc(N4C(=O)C=CC4=O)cc3C(=O)O)c3ccc(=[N+](C)C)cc-3oc2c1.O=C(O)c1cc(N2C(=O)C=CC2=O)ccc1-c1c2ccc(=O)cc-2oc2cc(O)ccc12. The molecule has 8 aliphatic rings. The van der Waals surface area contributed by atoms with Gasteiger partial charge in [0.05, 0.1) is 39.8 Å². The fourth-order valence-electron chi connectivity index (χ4n) is 15.3. The zero-order valence-corrected chi connectivity index (χ0v) is 69.4. The molecule has 9 aromatic rings. The van der Waals surface area contributed by atoms with E-state index in [1.165, 1.54) is 91.1 Å². The first-order valence-corrected chi connectivity index (χ1v) is 39.8. The van der Waals surface area contributed by atoms with Crippen LogP contribution in [-0.2, 0) is 38.4 Å². The number of phenols is 1. The lowest BCUT2D eigenvalue weighted by molar-refractivity contribution is -0.137. The maximum absolute atomic E-state index is 12.8. The first-order chi connectivity index (χ1) is 60.4. The maximum Gasteiger partial charge on any atom is 0.349 e. The fraction of sp³-hybridized carbons (Fsp3) is 0.156. The number of benzene rings is 9. The Bertz CT molecular complexity index is 7040. The molecule has 2 aliphatic carbocycles. The number of imide groups is 4. The average Bonchev–Trinajstić information content (AvgIpc) is 1.02. The summed E-state index contributed by atoms with van der Waals surface area (Å²) in [5.74, 6) is -6.03. The van der Waals surface area contributed by atoms with Gasteiger partial charge in [-0.3, -0.25) is 52.8 Å². The van der Waals surface area contributed by atoms with Crippen molar-refractivity contribution in [1.82, 2.24) is 14.8 Å². The molecule has 7 aromatic carbocycles. The Hall–Kier alpha value is -16.5. The predicted molar refractivity (Wildman–Crippen MR) is 475 cm³/mol. The summed E-state index contributed by atoms with van der Waals surface area (Å²) in [6.45, 7) is 13.6. The summed E-state index contributed by atoms with van der Waals surface area (Å²) < 4.78 is 25.1. The van der Waals surface area contributed by atoms with Crippen molar-refractivity contribution in [2.24, 2.45) is 0 Å². The molecule has 0 saturated carbocycles. The van der Waals surface area contributed by atoms with Gasteiger partial charge >= 0.3 is 23.2 Å². The van der Waals surface area contributed by atoms with Gasteiger partial charge in [0.2, 0.25) is 5.36 Å². The van der Waals surface area contributed by atoms with Crippen LogP contribution in [0, 0.1) is 6.92 Å². The summed E-state index contributed by atoms with van der Waals surface area (Å²) in [5.41, 5.74) is 8.90. The lowest BCUT2D eigenvalue weighted by atomic mass is 9.90. The molecule has 8 heterocycles. The van der Waals surface area contributed by atoms with Crippen LogP contribution in [0.15, 0.2) is 257 Å². The smallest absolute Gasteiger partial charge is 0.349 e. The first kappa shape index (κ1) is 85.9. The zero-order valence-electron chi connectivity index (χ0n) is 69.4. The van der Waals surface area contributed by atoms with Crippen LogP contribution in [-0.4, -0.2) is 153 Å². The number of carboxylic acid groups (broad SMARTS) is 2.